The Balaban J connectivity index is 1.64. The molecule has 2 aromatic rings. The first-order valence-corrected chi connectivity index (χ1v) is 7.44. The van der Waals surface area contributed by atoms with Crippen LogP contribution >= 0.6 is 11.6 Å². The van der Waals surface area contributed by atoms with Crippen LogP contribution in [-0.2, 0) is 12.3 Å². The monoisotopic (exact) mass is 304 g/mol. The van der Waals surface area contributed by atoms with E-state index in [0.29, 0.717) is 12.5 Å². The predicted molar refractivity (Wildman–Crippen MR) is 82.6 cm³/mol. The zero-order valence-corrected chi connectivity index (χ0v) is 12.6. The van der Waals surface area contributed by atoms with Crippen LogP contribution in [0.4, 0.5) is 0 Å². The molecular formula is C17H17ClO3. The summed E-state index contributed by atoms with van der Waals surface area (Å²) in [5.41, 5.74) is 2.16. The lowest BCUT2D eigenvalue weighted by Crippen LogP contribution is -2.22. The van der Waals surface area contributed by atoms with Crippen LogP contribution in [0.15, 0.2) is 42.5 Å². The van der Waals surface area contributed by atoms with Crippen molar-refractivity contribution in [1.29, 1.82) is 0 Å². The number of fused-ring (bicyclic) bond motifs is 1. The van der Waals surface area contributed by atoms with E-state index in [-0.39, 0.29) is 6.10 Å². The van der Waals surface area contributed by atoms with Gasteiger partial charge in [-0.25, -0.2) is 0 Å². The fraction of sp³-hybridized carbons (Fsp3) is 0.294. The van der Waals surface area contributed by atoms with Crippen LogP contribution in [-0.4, -0.2) is 19.8 Å². The maximum Gasteiger partial charge on any atom is 0.137 e. The van der Waals surface area contributed by atoms with Gasteiger partial charge in [0, 0.05) is 12.0 Å². The van der Waals surface area contributed by atoms with Crippen LogP contribution in [0, 0.1) is 0 Å². The standard InChI is InChI=1S/C17H17ClO3/c1-19-14-6-7-16(13(9-14)10-18)20-11-15-8-12-4-2-3-5-17(12)21-15/h2-7,9,15H,8,10-11H2,1H3. The highest BCUT2D eigenvalue weighted by atomic mass is 35.5. The average molecular weight is 305 g/mol. The number of para-hydroxylation sites is 1. The van der Waals surface area contributed by atoms with Gasteiger partial charge in [0.1, 0.15) is 30.0 Å². The molecule has 4 heteroatoms. The molecule has 1 aliphatic heterocycles. The summed E-state index contributed by atoms with van der Waals surface area (Å²) < 4.78 is 16.9. The van der Waals surface area contributed by atoms with Gasteiger partial charge in [-0.3, -0.25) is 0 Å². The smallest absolute Gasteiger partial charge is 0.137 e. The minimum atomic E-state index is 0.0488. The maximum absolute atomic E-state index is 5.96. The summed E-state index contributed by atoms with van der Waals surface area (Å²) >= 11 is 5.96. The number of alkyl halides is 1. The summed E-state index contributed by atoms with van der Waals surface area (Å²) in [7, 11) is 1.64. The van der Waals surface area contributed by atoms with Gasteiger partial charge in [-0.05, 0) is 29.8 Å². The van der Waals surface area contributed by atoms with Gasteiger partial charge >= 0.3 is 0 Å². The van der Waals surface area contributed by atoms with E-state index in [9.17, 15) is 0 Å². The molecular weight excluding hydrogens is 288 g/mol. The highest BCUT2D eigenvalue weighted by Crippen LogP contribution is 2.30. The molecule has 0 aromatic heterocycles. The highest BCUT2D eigenvalue weighted by Gasteiger charge is 2.23. The number of hydrogen-bond donors (Lipinski definition) is 0. The molecule has 1 atom stereocenters. The molecule has 1 unspecified atom stereocenters. The lowest BCUT2D eigenvalue weighted by atomic mass is 10.1. The fourth-order valence-corrected chi connectivity index (χ4v) is 2.67. The summed E-state index contributed by atoms with van der Waals surface area (Å²) in [4.78, 5) is 0. The largest absolute Gasteiger partial charge is 0.497 e. The van der Waals surface area contributed by atoms with E-state index in [1.165, 1.54) is 5.56 Å². The van der Waals surface area contributed by atoms with Crippen molar-refractivity contribution in [2.75, 3.05) is 13.7 Å². The van der Waals surface area contributed by atoms with E-state index >= 15 is 0 Å². The van der Waals surface area contributed by atoms with Crippen molar-refractivity contribution in [2.45, 2.75) is 18.4 Å². The van der Waals surface area contributed by atoms with Gasteiger partial charge in [-0.2, -0.15) is 0 Å². The maximum atomic E-state index is 5.96. The molecule has 0 aliphatic carbocycles. The SMILES string of the molecule is COc1ccc(OCC2Cc3ccccc3O2)c(CCl)c1. The Hall–Kier alpha value is -1.87. The first kappa shape index (κ1) is 14.1. The zero-order chi connectivity index (χ0) is 14.7. The molecule has 1 heterocycles. The van der Waals surface area contributed by atoms with E-state index in [1.807, 2.05) is 36.4 Å². The second kappa shape index (κ2) is 6.27. The number of rotatable bonds is 5. The van der Waals surface area contributed by atoms with Gasteiger partial charge in [0.2, 0.25) is 0 Å². The Morgan fingerprint density at radius 2 is 2.10 bits per heavy atom. The third-order valence-corrected chi connectivity index (χ3v) is 3.84. The molecule has 0 amide bonds. The van der Waals surface area contributed by atoms with Gasteiger partial charge in [0.15, 0.2) is 0 Å². The van der Waals surface area contributed by atoms with Crippen molar-refractivity contribution in [1.82, 2.24) is 0 Å². The first-order chi connectivity index (χ1) is 10.3. The van der Waals surface area contributed by atoms with Gasteiger partial charge in [0.25, 0.3) is 0 Å². The molecule has 0 fully saturated rings. The number of benzene rings is 2. The highest BCUT2D eigenvalue weighted by molar-refractivity contribution is 6.17. The fourth-order valence-electron chi connectivity index (χ4n) is 2.46. The summed E-state index contributed by atoms with van der Waals surface area (Å²) in [6.45, 7) is 0.505. The second-order valence-electron chi connectivity index (χ2n) is 4.97. The number of ether oxygens (including phenoxy) is 3. The van der Waals surface area contributed by atoms with E-state index in [0.717, 1.165) is 29.2 Å². The second-order valence-corrected chi connectivity index (χ2v) is 5.24. The van der Waals surface area contributed by atoms with E-state index in [4.69, 9.17) is 25.8 Å². The molecule has 0 saturated carbocycles. The minimum Gasteiger partial charge on any atom is -0.497 e. The Labute approximate surface area is 129 Å². The molecule has 1 aliphatic rings. The van der Waals surface area contributed by atoms with Crippen LogP contribution in [0.1, 0.15) is 11.1 Å². The first-order valence-electron chi connectivity index (χ1n) is 6.90. The van der Waals surface area contributed by atoms with E-state index in [2.05, 4.69) is 6.07 Å². The van der Waals surface area contributed by atoms with Crippen molar-refractivity contribution in [3.63, 3.8) is 0 Å². The average Bonchev–Trinajstić information content (AvgIpc) is 2.95. The third-order valence-electron chi connectivity index (χ3n) is 3.55. The summed E-state index contributed by atoms with van der Waals surface area (Å²) in [5, 5.41) is 0. The molecule has 3 rings (SSSR count). The Bertz CT molecular complexity index is 602. The van der Waals surface area contributed by atoms with Crippen molar-refractivity contribution in [3.05, 3.63) is 53.6 Å². The van der Waals surface area contributed by atoms with Crippen molar-refractivity contribution < 1.29 is 14.2 Å². The van der Waals surface area contributed by atoms with Gasteiger partial charge < -0.3 is 14.2 Å². The molecule has 0 bridgehead atoms. The Morgan fingerprint density at radius 3 is 2.86 bits per heavy atom. The molecule has 0 N–H and O–H groups in total. The molecule has 0 spiro atoms. The molecule has 0 radical (unpaired) electrons. The van der Waals surface area contributed by atoms with Crippen LogP contribution < -0.4 is 14.2 Å². The van der Waals surface area contributed by atoms with E-state index in [1.54, 1.807) is 7.11 Å². The summed E-state index contributed by atoms with van der Waals surface area (Å²) in [6, 6.07) is 13.7. The van der Waals surface area contributed by atoms with Crippen molar-refractivity contribution >= 4 is 11.6 Å². The summed E-state index contributed by atoms with van der Waals surface area (Å²) in [5.74, 6) is 2.91. The van der Waals surface area contributed by atoms with Crippen LogP contribution in [0.3, 0.4) is 0 Å². The normalized spacial score (nSPS) is 16.2. The minimum absolute atomic E-state index is 0.0488. The molecule has 21 heavy (non-hydrogen) atoms. The lowest BCUT2D eigenvalue weighted by Gasteiger charge is -2.15. The molecule has 2 aromatic carbocycles. The van der Waals surface area contributed by atoms with Gasteiger partial charge in [-0.15, -0.1) is 11.6 Å². The van der Waals surface area contributed by atoms with Crippen LogP contribution in [0.5, 0.6) is 17.2 Å². The molecule has 3 nitrogen and oxygen atoms in total. The Morgan fingerprint density at radius 1 is 1.24 bits per heavy atom. The van der Waals surface area contributed by atoms with Crippen LogP contribution in [0.25, 0.3) is 0 Å². The number of halogens is 1. The molecule has 0 saturated heterocycles. The van der Waals surface area contributed by atoms with E-state index < -0.39 is 0 Å². The van der Waals surface area contributed by atoms with Crippen LogP contribution in [0.2, 0.25) is 0 Å². The number of hydrogen-bond acceptors (Lipinski definition) is 3. The topological polar surface area (TPSA) is 27.7 Å². The third kappa shape index (κ3) is 3.08. The van der Waals surface area contributed by atoms with Crippen molar-refractivity contribution in [2.24, 2.45) is 0 Å². The summed E-state index contributed by atoms with van der Waals surface area (Å²) in [6.07, 6.45) is 0.926. The zero-order valence-electron chi connectivity index (χ0n) is 11.8. The molecule has 110 valence electrons. The predicted octanol–water partition coefficient (Wildman–Crippen LogP) is 3.82. The number of methoxy groups -OCH3 is 1. The van der Waals surface area contributed by atoms with Crippen molar-refractivity contribution in [3.8, 4) is 17.2 Å². The lowest BCUT2D eigenvalue weighted by molar-refractivity contribution is 0.148. The van der Waals surface area contributed by atoms with Gasteiger partial charge in [-0.1, -0.05) is 18.2 Å². The van der Waals surface area contributed by atoms with Gasteiger partial charge in [0.05, 0.1) is 13.0 Å². The quantitative estimate of drug-likeness (QED) is 0.786. The Kier molecular flexibility index (Phi) is 4.20.